The average Bonchev–Trinajstić information content (AvgIpc) is 3.35. The Balaban J connectivity index is 1.60. The molecule has 0 heterocycles. The summed E-state index contributed by atoms with van der Waals surface area (Å²) < 4.78 is 46.2. The van der Waals surface area contributed by atoms with Gasteiger partial charge in [-0.2, -0.15) is 8.42 Å². The van der Waals surface area contributed by atoms with Gasteiger partial charge in [0.15, 0.2) is 0 Å². The summed E-state index contributed by atoms with van der Waals surface area (Å²) in [6.07, 6.45) is 1.49. The van der Waals surface area contributed by atoms with Gasteiger partial charge in [-0.1, -0.05) is 0 Å². The van der Waals surface area contributed by atoms with Crippen molar-refractivity contribution in [1.29, 1.82) is 0 Å². The fourth-order valence-electron chi connectivity index (χ4n) is 1.95. The molecule has 0 radical (unpaired) electrons. The zero-order valence-corrected chi connectivity index (χ0v) is 14.3. The van der Waals surface area contributed by atoms with Crippen LogP contribution < -0.4 is 9.47 Å². The van der Waals surface area contributed by atoms with Crippen molar-refractivity contribution in [2.75, 3.05) is 32.2 Å². The Morgan fingerprint density at radius 3 is 2.29 bits per heavy atom. The quantitative estimate of drug-likeness (QED) is 0.430. The summed E-state index contributed by atoms with van der Waals surface area (Å²) in [5.41, 5.74) is 0. The molecule has 0 aromatic heterocycles. The van der Waals surface area contributed by atoms with Gasteiger partial charge in [0.05, 0.1) is 18.5 Å². The van der Waals surface area contributed by atoms with E-state index in [2.05, 4.69) is 0 Å². The van der Waals surface area contributed by atoms with E-state index in [1.165, 1.54) is 12.8 Å². The molecule has 2 N–H and O–H groups in total. The fraction of sp³-hybridized carbons (Fsp3) is 0.625. The molecule has 1 fully saturated rings. The predicted octanol–water partition coefficient (Wildman–Crippen LogP) is 1.51. The van der Waals surface area contributed by atoms with E-state index in [0.29, 0.717) is 24.7 Å². The number of benzene rings is 1. The molecule has 136 valence electrons. The summed E-state index contributed by atoms with van der Waals surface area (Å²) in [5, 5.41) is 9.60. The number of hydrogen-bond donors (Lipinski definition) is 2. The van der Waals surface area contributed by atoms with Crippen LogP contribution in [-0.2, 0) is 14.9 Å². The van der Waals surface area contributed by atoms with Gasteiger partial charge in [-0.05, 0) is 49.4 Å². The van der Waals surface area contributed by atoms with Crippen LogP contribution in [-0.4, -0.2) is 56.4 Å². The number of aliphatic hydroxyl groups is 1. The van der Waals surface area contributed by atoms with Gasteiger partial charge in [0.25, 0.3) is 10.1 Å². The third-order valence-corrected chi connectivity index (χ3v) is 4.27. The highest BCUT2D eigenvalue weighted by Gasteiger charge is 2.20. The molecule has 7 nitrogen and oxygen atoms in total. The van der Waals surface area contributed by atoms with Gasteiger partial charge in [0.2, 0.25) is 0 Å². The number of ether oxygens (including phenoxy) is 3. The molecule has 1 atom stereocenters. The van der Waals surface area contributed by atoms with Crippen LogP contribution in [0.25, 0.3) is 0 Å². The van der Waals surface area contributed by atoms with Crippen LogP contribution in [0.3, 0.4) is 0 Å². The lowest BCUT2D eigenvalue weighted by Gasteiger charge is -2.12. The molecule has 1 aromatic rings. The van der Waals surface area contributed by atoms with E-state index in [1.54, 1.807) is 24.3 Å². The van der Waals surface area contributed by atoms with Gasteiger partial charge in [-0.25, -0.2) is 0 Å². The zero-order valence-electron chi connectivity index (χ0n) is 13.5. The molecule has 0 spiro atoms. The van der Waals surface area contributed by atoms with Crippen molar-refractivity contribution < 1.29 is 32.3 Å². The first-order valence-corrected chi connectivity index (χ1v) is 9.60. The summed E-state index contributed by atoms with van der Waals surface area (Å²) in [6, 6.07) is 6.91. The first kappa shape index (κ1) is 19.0. The maximum absolute atomic E-state index is 10.6. The number of hydrogen-bond acceptors (Lipinski definition) is 6. The van der Waals surface area contributed by atoms with E-state index >= 15 is 0 Å². The molecule has 1 aliphatic carbocycles. The van der Waals surface area contributed by atoms with Crippen molar-refractivity contribution >= 4 is 10.1 Å². The smallest absolute Gasteiger partial charge is 0.264 e. The van der Waals surface area contributed by atoms with E-state index in [0.717, 1.165) is 12.5 Å². The molecule has 0 amide bonds. The van der Waals surface area contributed by atoms with E-state index in [4.69, 9.17) is 18.8 Å². The summed E-state index contributed by atoms with van der Waals surface area (Å²) >= 11 is 0. The molecule has 1 saturated carbocycles. The second-order valence-corrected chi connectivity index (χ2v) is 7.45. The monoisotopic (exact) mass is 360 g/mol. The topological polar surface area (TPSA) is 102 Å². The lowest BCUT2D eigenvalue weighted by Crippen LogP contribution is -2.21. The highest BCUT2D eigenvalue weighted by atomic mass is 32.2. The SMILES string of the molecule is O=S(=O)(O)CC[C@H](O)COc1ccc(OCCOCC2CC2)cc1. The normalized spacial score (nSPS) is 15.9. The largest absolute Gasteiger partial charge is 0.491 e. The van der Waals surface area contributed by atoms with Crippen LogP contribution >= 0.6 is 0 Å². The standard InChI is InChI=1S/C16H24O7S/c17-14(7-10-24(18,19)20)12-23-16-5-3-15(4-6-16)22-9-8-21-11-13-1-2-13/h3-6,13-14,17H,1-2,7-12H2,(H,18,19,20)/t14-/m0/s1. The summed E-state index contributed by atoms with van der Waals surface area (Å²) in [6.45, 7) is 1.82. The molecular weight excluding hydrogens is 336 g/mol. The van der Waals surface area contributed by atoms with Crippen LogP contribution in [0, 0.1) is 5.92 Å². The van der Waals surface area contributed by atoms with Gasteiger partial charge in [-0.15, -0.1) is 0 Å². The minimum Gasteiger partial charge on any atom is -0.491 e. The Labute approximate surface area is 142 Å². The van der Waals surface area contributed by atoms with E-state index in [9.17, 15) is 13.5 Å². The van der Waals surface area contributed by atoms with Gasteiger partial charge >= 0.3 is 0 Å². The molecule has 0 bridgehead atoms. The van der Waals surface area contributed by atoms with E-state index in [1.807, 2.05) is 0 Å². The third kappa shape index (κ3) is 8.49. The first-order chi connectivity index (χ1) is 11.4. The molecule has 24 heavy (non-hydrogen) atoms. The molecule has 0 unspecified atom stereocenters. The van der Waals surface area contributed by atoms with Crippen molar-refractivity contribution in [3.63, 3.8) is 0 Å². The van der Waals surface area contributed by atoms with Gasteiger partial charge in [0.1, 0.15) is 24.7 Å². The van der Waals surface area contributed by atoms with E-state index < -0.39 is 22.0 Å². The van der Waals surface area contributed by atoms with Gasteiger partial charge in [-0.3, -0.25) is 4.55 Å². The maximum atomic E-state index is 10.6. The molecular formula is C16H24O7S. The van der Waals surface area contributed by atoms with Crippen LogP contribution in [0.2, 0.25) is 0 Å². The van der Waals surface area contributed by atoms with Crippen LogP contribution in [0.5, 0.6) is 11.5 Å². The number of aliphatic hydroxyl groups excluding tert-OH is 1. The molecule has 0 aliphatic heterocycles. The minimum absolute atomic E-state index is 0.0509. The first-order valence-electron chi connectivity index (χ1n) is 7.99. The van der Waals surface area contributed by atoms with Crippen molar-refractivity contribution in [2.24, 2.45) is 5.92 Å². The summed E-state index contributed by atoms with van der Waals surface area (Å²) in [7, 11) is -4.06. The Morgan fingerprint density at radius 1 is 1.08 bits per heavy atom. The van der Waals surface area contributed by atoms with E-state index in [-0.39, 0.29) is 13.0 Å². The fourth-order valence-corrected chi connectivity index (χ4v) is 2.52. The predicted molar refractivity (Wildman–Crippen MR) is 88.0 cm³/mol. The van der Waals surface area contributed by atoms with Crippen LogP contribution in [0.1, 0.15) is 19.3 Å². The Morgan fingerprint density at radius 2 is 1.71 bits per heavy atom. The van der Waals surface area contributed by atoms with Crippen LogP contribution in [0.15, 0.2) is 24.3 Å². The Bertz CT molecular complexity index is 581. The number of rotatable bonds is 12. The lowest BCUT2D eigenvalue weighted by molar-refractivity contribution is 0.0925. The Kier molecular flexibility index (Phi) is 7.29. The lowest BCUT2D eigenvalue weighted by atomic mass is 10.3. The molecule has 8 heteroatoms. The summed E-state index contributed by atoms with van der Waals surface area (Å²) in [4.78, 5) is 0. The average molecular weight is 360 g/mol. The van der Waals surface area contributed by atoms with Crippen molar-refractivity contribution in [2.45, 2.75) is 25.4 Å². The van der Waals surface area contributed by atoms with Crippen molar-refractivity contribution in [3.05, 3.63) is 24.3 Å². The second-order valence-electron chi connectivity index (χ2n) is 5.88. The molecule has 2 rings (SSSR count). The highest BCUT2D eigenvalue weighted by molar-refractivity contribution is 7.85. The Hall–Kier alpha value is -1.35. The van der Waals surface area contributed by atoms with Crippen molar-refractivity contribution in [3.8, 4) is 11.5 Å². The van der Waals surface area contributed by atoms with Crippen molar-refractivity contribution in [1.82, 2.24) is 0 Å². The van der Waals surface area contributed by atoms with Gasteiger partial charge < -0.3 is 19.3 Å². The second kappa shape index (κ2) is 9.22. The zero-order chi connectivity index (χ0) is 17.4. The molecule has 1 aromatic carbocycles. The minimum atomic E-state index is -4.06. The van der Waals surface area contributed by atoms with Crippen LogP contribution in [0.4, 0.5) is 0 Å². The summed E-state index contributed by atoms with van der Waals surface area (Å²) in [5.74, 6) is 1.49. The molecule has 1 aliphatic rings. The maximum Gasteiger partial charge on any atom is 0.264 e. The third-order valence-electron chi connectivity index (χ3n) is 3.52. The highest BCUT2D eigenvalue weighted by Crippen LogP contribution is 2.28. The van der Waals surface area contributed by atoms with Gasteiger partial charge in [0, 0.05) is 6.61 Å². The molecule has 0 saturated heterocycles.